The lowest BCUT2D eigenvalue weighted by Gasteiger charge is -2.36. The minimum atomic E-state index is -3.92. The summed E-state index contributed by atoms with van der Waals surface area (Å²) in [6.45, 7) is 6.98. The van der Waals surface area contributed by atoms with Crippen molar-refractivity contribution in [2.45, 2.75) is 75.4 Å². The lowest BCUT2D eigenvalue weighted by Crippen LogP contribution is -2.58. The number of carbonyl (C=O) groups excluding carboxylic acids is 4. The van der Waals surface area contributed by atoms with E-state index in [4.69, 9.17) is 28.2 Å². The van der Waals surface area contributed by atoms with Crippen LogP contribution in [0.4, 0.5) is 5.69 Å². The van der Waals surface area contributed by atoms with E-state index >= 15 is 0 Å². The van der Waals surface area contributed by atoms with Crippen molar-refractivity contribution in [1.29, 1.82) is 0 Å². The zero-order valence-electron chi connectivity index (χ0n) is 30.6. The Labute approximate surface area is 314 Å². The molecule has 2 aromatic carbocycles. The van der Waals surface area contributed by atoms with Gasteiger partial charge in [0.25, 0.3) is 5.91 Å². The van der Waals surface area contributed by atoms with Gasteiger partial charge in [-0.2, -0.15) is 0 Å². The van der Waals surface area contributed by atoms with Gasteiger partial charge in [0.2, 0.25) is 33.6 Å². The van der Waals surface area contributed by atoms with Crippen molar-refractivity contribution < 1.29 is 38.4 Å². The summed E-state index contributed by atoms with van der Waals surface area (Å²) < 4.78 is 47.8. The van der Waals surface area contributed by atoms with Gasteiger partial charge in [-0.3, -0.25) is 23.9 Å². The molecule has 0 unspecified atom stereocenters. The van der Waals surface area contributed by atoms with E-state index in [9.17, 15) is 27.6 Å². The number of ether oxygens (including phenoxy) is 2. The fourth-order valence-electron chi connectivity index (χ4n) is 6.63. The highest BCUT2D eigenvalue weighted by atomic mass is 35.5. The van der Waals surface area contributed by atoms with Crippen LogP contribution in [0.5, 0.6) is 11.6 Å². The molecule has 0 radical (unpaired) electrons. The molecule has 53 heavy (non-hydrogen) atoms. The number of likely N-dealkylation sites (tertiary alicyclic amines) is 1. The molecule has 1 saturated heterocycles. The minimum absolute atomic E-state index is 0.0223. The zero-order valence-corrected chi connectivity index (χ0v) is 31.1. The average Bonchev–Trinajstić information content (AvgIpc) is 4.07. The maximum Gasteiger partial charge on any atom is 0.259 e. The molecule has 3 aliphatic rings. The van der Waals surface area contributed by atoms with Crippen molar-refractivity contribution >= 4 is 61.7 Å². The van der Waals surface area contributed by atoms with Gasteiger partial charge < -0.3 is 30.7 Å². The number of nitrogens with two attached hydrogens (primary N) is 1. The molecule has 2 heterocycles. The second-order valence-corrected chi connectivity index (χ2v) is 16.9. The van der Waals surface area contributed by atoms with Gasteiger partial charge in [0.05, 0.1) is 25.1 Å². The molecule has 4 amide bonds. The number of nitrogens with one attached hydrogen (secondary N) is 3. The highest BCUT2D eigenvalue weighted by Crippen LogP contribution is 2.46. The average molecular weight is 768 g/mol. The van der Waals surface area contributed by atoms with Gasteiger partial charge in [0.1, 0.15) is 29.5 Å². The van der Waals surface area contributed by atoms with Crippen LogP contribution in [0.15, 0.2) is 61.3 Å². The Morgan fingerprint density at radius 2 is 1.89 bits per heavy atom. The first-order valence-corrected chi connectivity index (χ1v) is 19.0. The second kappa shape index (κ2) is 14.2. The van der Waals surface area contributed by atoms with Gasteiger partial charge in [0.15, 0.2) is 0 Å². The molecule has 1 aliphatic heterocycles. The Morgan fingerprint density at radius 3 is 2.49 bits per heavy atom. The van der Waals surface area contributed by atoms with Gasteiger partial charge in [-0.25, -0.2) is 13.4 Å². The molecule has 14 nitrogen and oxygen atoms in total. The second-order valence-electron chi connectivity index (χ2n) is 14.5. The summed E-state index contributed by atoms with van der Waals surface area (Å²) in [4.78, 5) is 60.1. The first-order chi connectivity index (χ1) is 25.5. The van der Waals surface area contributed by atoms with Gasteiger partial charge in [-0.05, 0) is 67.1 Å². The van der Waals surface area contributed by atoms with E-state index < -0.39 is 74.0 Å². The molecule has 2 aliphatic carbocycles. The molecular weight excluding hydrogens is 724 g/mol. The summed E-state index contributed by atoms with van der Waals surface area (Å²) in [5.74, 6) is -2.58. The number of sulfonamides is 1. The Kier molecular flexibility index (Phi) is 9.74. The van der Waals surface area contributed by atoms with Crippen LogP contribution in [-0.2, 0) is 24.4 Å². The number of nitrogens with zero attached hydrogens (tertiary/aromatic N) is 2. The number of anilines is 1. The summed E-state index contributed by atoms with van der Waals surface area (Å²) in [5, 5.41) is 6.96. The molecule has 3 aromatic rings. The van der Waals surface area contributed by atoms with Gasteiger partial charge >= 0.3 is 0 Å². The fourth-order valence-corrected chi connectivity index (χ4v) is 8.16. The number of amides is 4. The number of aromatic nitrogens is 1. The van der Waals surface area contributed by atoms with Crippen LogP contribution in [0.3, 0.4) is 0 Å². The number of halogens is 1. The number of benzene rings is 2. The van der Waals surface area contributed by atoms with Crippen molar-refractivity contribution in [3.63, 3.8) is 0 Å². The molecule has 1 aromatic heterocycles. The Hall–Kier alpha value is -4.89. The van der Waals surface area contributed by atoms with E-state index in [-0.39, 0.29) is 37.7 Å². The summed E-state index contributed by atoms with van der Waals surface area (Å²) in [6.07, 6.45) is 3.18. The third kappa shape index (κ3) is 7.77. The highest BCUT2D eigenvalue weighted by molar-refractivity contribution is 7.91. The van der Waals surface area contributed by atoms with Crippen LogP contribution in [-0.4, -0.2) is 84.6 Å². The molecule has 3 fully saturated rings. The molecule has 6 rings (SSSR count). The summed E-state index contributed by atoms with van der Waals surface area (Å²) in [7, 11) is -2.41. The molecule has 0 spiro atoms. The quantitative estimate of drug-likeness (QED) is 0.187. The van der Waals surface area contributed by atoms with Crippen LogP contribution in [0.1, 0.15) is 58.2 Å². The Morgan fingerprint density at radius 1 is 1.17 bits per heavy atom. The van der Waals surface area contributed by atoms with Crippen molar-refractivity contribution in [3.8, 4) is 11.6 Å². The highest BCUT2D eigenvalue weighted by Gasteiger charge is 2.62. The van der Waals surface area contributed by atoms with Crippen LogP contribution in [0.2, 0.25) is 5.02 Å². The van der Waals surface area contributed by atoms with Crippen LogP contribution >= 0.6 is 11.6 Å². The third-order valence-corrected chi connectivity index (χ3v) is 11.9. The predicted octanol–water partition coefficient (Wildman–Crippen LogP) is 3.54. The number of fused-ring (bicyclic) bond motifs is 1. The lowest BCUT2D eigenvalue weighted by molar-refractivity contribution is -0.141. The summed E-state index contributed by atoms with van der Waals surface area (Å²) in [5.41, 5.74) is 3.58. The standard InChI is InChI=1S/C37H43ClN6O8S/c1-6-21-17-37(21,35(48)43-53(49,50)25-12-13-25)42-32(46)28-16-24(52-33-27-15-22(38)9-14-26(27)29(51-5)18-40-33)19-44(28)34(47)30(36(2,3)4)41-23-10-7-20(8-11-23)31(39)45/h6-11,14-15,18,21,24-25,28,30,41H,1,12-13,16-17,19H2,2-5H3,(H2,39,45)(H,42,46)(H,43,48)/t21-,24-,28+,30-,37-/m1/s1/i2D. The maximum absolute atomic E-state index is 14.7. The van der Waals surface area contributed by atoms with E-state index in [0.717, 1.165) is 0 Å². The topological polar surface area (TPSA) is 199 Å². The molecular formula is C37H43ClN6O8S. The van der Waals surface area contributed by atoms with E-state index in [2.05, 4.69) is 26.9 Å². The molecule has 282 valence electrons. The van der Waals surface area contributed by atoms with E-state index in [1.54, 1.807) is 44.2 Å². The van der Waals surface area contributed by atoms with E-state index in [0.29, 0.717) is 40.1 Å². The van der Waals surface area contributed by atoms with Crippen molar-refractivity contribution in [3.05, 3.63) is 71.9 Å². The maximum atomic E-state index is 14.7. The number of rotatable bonds is 13. The third-order valence-electron chi connectivity index (χ3n) is 9.88. The molecule has 0 bridgehead atoms. The number of carbonyl (C=O) groups is 4. The zero-order chi connectivity index (χ0) is 39.2. The number of hydrogen-bond donors (Lipinski definition) is 4. The first kappa shape index (κ1) is 36.5. The van der Waals surface area contributed by atoms with E-state index in [1.165, 1.54) is 36.4 Å². The summed E-state index contributed by atoms with van der Waals surface area (Å²) in [6, 6.07) is 9.09. The molecule has 5 atom stereocenters. The van der Waals surface area contributed by atoms with Gasteiger partial charge in [-0.15, -0.1) is 6.58 Å². The Balaban J connectivity index is 1.33. The van der Waals surface area contributed by atoms with Crippen molar-refractivity contribution in [1.82, 2.24) is 19.9 Å². The van der Waals surface area contributed by atoms with Crippen LogP contribution in [0, 0.1) is 11.3 Å². The Bertz CT molecular complexity index is 2110. The number of primary amides is 1. The normalized spacial score (nSPS) is 23.4. The molecule has 2 saturated carbocycles. The SMILES string of the molecule is [2H]CC(C)(C)[C@H](Nc1ccc(C(N)=O)cc1)C(=O)N1C[C@H](Oc2ncc(OC)c3ccc(Cl)cc23)C[C@H]1C(=O)N[C@]1(C(=O)NS(=O)(=O)C2CC2)C[C@H]1C=C. The number of hydrogen-bond acceptors (Lipinski definition) is 10. The predicted molar refractivity (Wildman–Crippen MR) is 199 cm³/mol. The van der Waals surface area contributed by atoms with E-state index in [1.807, 2.05) is 0 Å². The number of methoxy groups -OCH3 is 1. The van der Waals surface area contributed by atoms with Crippen LogP contribution in [0.25, 0.3) is 10.8 Å². The van der Waals surface area contributed by atoms with Crippen molar-refractivity contribution in [2.75, 3.05) is 19.0 Å². The van der Waals surface area contributed by atoms with Crippen LogP contribution < -0.4 is 30.6 Å². The fraction of sp³-hybridized carbons (Fsp3) is 0.432. The lowest BCUT2D eigenvalue weighted by atomic mass is 9.85. The number of pyridine rings is 1. The monoisotopic (exact) mass is 767 g/mol. The minimum Gasteiger partial charge on any atom is -0.494 e. The smallest absolute Gasteiger partial charge is 0.259 e. The van der Waals surface area contributed by atoms with Gasteiger partial charge in [-0.1, -0.05) is 38.4 Å². The first-order valence-electron chi connectivity index (χ1n) is 17.8. The largest absolute Gasteiger partial charge is 0.494 e. The summed E-state index contributed by atoms with van der Waals surface area (Å²) >= 11 is 6.34. The molecule has 16 heteroatoms. The van der Waals surface area contributed by atoms with Crippen molar-refractivity contribution in [2.24, 2.45) is 17.1 Å². The van der Waals surface area contributed by atoms with Gasteiger partial charge in [0, 0.05) is 40.8 Å². The molecule has 5 N–H and O–H groups in total.